The molecule has 24 heavy (non-hydrogen) atoms. The summed E-state index contributed by atoms with van der Waals surface area (Å²) in [6.07, 6.45) is 1.69. The number of hydrogen-bond acceptors (Lipinski definition) is 5. The van der Waals surface area contributed by atoms with Gasteiger partial charge in [0, 0.05) is 19.8 Å². The Morgan fingerprint density at radius 1 is 1.08 bits per heavy atom. The molecule has 5 nitrogen and oxygen atoms in total. The second kappa shape index (κ2) is 7.31. The molecule has 1 saturated heterocycles. The number of hydrogen-bond donors (Lipinski definition) is 0. The van der Waals surface area contributed by atoms with Crippen LogP contribution in [0.25, 0.3) is 0 Å². The highest BCUT2D eigenvalue weighted by Gasteiger charge is 2.29. The topological polar surface area (TPSA) is 48.3 Å². The molecule has 0 aromatic heterocycles. The molecule has 1 aliphatic heterocycles. The highest BCUT2D eigenvalue weighted by atomic mass is 32.2. The Kier molecular flexibility index (Phi) is 4.96. The van der Waals surface area contributed by atoms with Gasteiger partial charge in [-0.1, -0.05) is 42.1 Å². The molecule has 1 fully saturated rings. The van der Waals surface area contributed by atoms with E-state index in [1.165, 1.54) is 11.8 Å². The Bertz CT molecular complexity index is 769. The smallest absolute Gasteiger partial charge is 0.243 e. The first kappa shape index (κ1) is 16.3. The summed E-state index contributed by atoms with van der Waals surface area (Å²) >= 11 is 1.40. The lowest BCUT2D eigenvalue weighted by Crippen LogP contribution is -2.28. The van der Waals surface area contributed by atoms with Crippen molar-refractivity contribution in [2.75, 3.05) is 29.6 Å². The monoisotopic (exact) mass is 338 g/mol. The van der Waals surface area contributed by atoms with Gasteiger partial charge < -0.3 is 4.90 Å². The lowest BCUT2D eigenvalue weighted by molar-refractivity contribution is -0.115. The fraction of sp³-hybridized carbons (Fsp3) is 0.167. The number of rotatable bonds is 4. The maximum atomic E-state index is 12.1. The number of carbonyl (C=O) groups excluding carboxylic acids is 1. The molecule has 0 unspecified atom stereocenters. The van der Waals surface area contributed by atoms with Crippen LogP contribution in [0.5, 0.6) is 0 Å². The average molecular weight is 338 g/mol. The summed E-state index contributed by atoms with van der Waals surface area (Å²) < 4.78 is 0. The Balaban J connectivity index is 1.76. The van der Waals surface area contributed by atoms with E-state index in [0.29, 0.717) is 10.9 Å². The number of amides is 1. The third-order valence-corrected chi connectivity index (χ3v) is 4.45. The van der Waals surface area contributed by atoms with E-state index in [4.69, 9.17) is 0 Å². The molecule has 1 heterocycles. The SMILES string of the molecule is CN(C)c1ccc(/C=N/N=C2/SCC(=O)N2c2ccccc2)cc1. The molecular formula is C18H18N4OS. The van der Waals surface area contributed by atoms with Gasteiger partial charge in [-0.3, -0.25) is 9.69 Å². The molecule has 0 radical (unpaired) electrons. The van der Waals surface area contributed by atoms with Gasteiger partial charge in [0.15, 0.2) is 5.17 Å². The second-order valence-electron chi connectivity index (χ2n) is 5.47. The van der Waals surface area contributed by atoms with E-state index in [9.17, 15) is 4.79 Å². The van der Waals surface area contributed by atoms with Crippen molar-refractivity contribution >= 4 is 40.4 Å². The zero-order chi connectivity index (χ0) is 16.9. The maximum absolute atomic E-state index is 12.1. The first-order valence-electron chi connectivity index (χ1n) is 7.54. The van der Waals surface area contributed by atoms with Crippen molar-refractivity contribution in [2.24, 2.45) is 10.2 Å². The summed E-state index contributed by atoms with van der Waals surface area (Å²) in [4.78, 5) is 15.7. The molecule has 2 aromatic carbocycles. The van der Waals surface area contributed by atoms with Crippen LogP contribution in [0.15, 0.2) is 64.8 Å². The van der Waals surface area contributed by atoms with Gasteiger partial charge in [-0.15, -0.1) is 5.10 Å². The van der Waals surface area contributed by atoms with Gasteiger partial charge in [0.1, 0.15) is 0 Å². The van der Waals surface area contributed by atoms with Crippen molar-refractivity contribution in [3.05, 3.63) is 60.2 Å². The number of para-hydroxylation sites is 1. The Morgan fingerprint density at radius 3 is 2.46 bits per heavy atom. The minimum atomic E-state index is 0.0236. The van der Waals surface area contributed by atoms with Crippen LogP contribution in [0.3, 0.4) is 0 Å². The van der Waals surface area contributed by atoms with Gasteiger partial charge in [0.25, 0.3) is 0 Å². The van der Waals surface area contributed by atoms with Crippen LogP contribution >= 0.6 is 11.8 Å². The van der Waals surface area contributed by atoms with E-state index in [1.807, 2.05) is 73.6 Å². The molecule has 1 aliphatic rings. The number of amidine groups is 1. The van der Waals surface area contributed by atoms with Crippen LogP contribution < -0.4 is 9.80 Å². The Morgan fingerprint density at radius 2 is 1.79 bits per heavy atom. The molecule has 0 bridgehead atoms. The minimum Gasteiger partial charge on any atom is -0.378 e. The normalized spacial score (nSPS) is 16.3. The van der Waals surface area contributed by atoms with Crippen molar-refractivity contribution in [3.8, 4) is 0 Å². The van der Waals surface area contributed by atoms with Gasteiger partial charge in [-0.2, -0.15) is 5.10 Å². The number of nitrogens with zero attached hydrogens (tertiary/aromatic N) is 4. The molecule has 122 valence electrons. The largest absolute Gasteiger partial charge is 0.378 e. The van der Waals surface area contributed by atoms with E-state index in [2.05, 4.69) is 10.2 Å². The third-order valence-electron chi connectivity index (χ3n) is 3.54. The first-order valence-corrected chi connectivity index (χ1v) is 8.53. The number of thioether (sulfide) groups is 1. The molecule has 0 aliphatic carbocycles. The molecule has 0 saturated carbocycles. The molecule has 6 heteroatoms. The summed E-state index contributed by atoms with van der Waals surface area (Å²) in [6, 6.07) is 17.5. The van der Waals surface area contributed by atoms with Crippen molar-refractivity contribution in [2.45, 2.75) is 0 Å². The van der Waals surface area contributed by atoms with Crippen molar-refractivity contribution in [1.29, 1.82) is 0 Å². The molecule has 1 amide bonds. The predicted molar refractivity (Wildman–Crippen MR) is 102 cm³/mol. The second-order valence-corrected chi connectivity index (χ2v) is 6.41. The summed E-state index contributed by atoms with van der Waals surface area (Å²) in [5.41, 5.74) is 2.91. The highest BCUT2D eigenvalue weighted by Crippen LogP contribution is 2.26. The zero-order valence-electron chi connectivity index (χ0n) is 13.6. The van der Waals surface area contributed by atoms with Gasteiger partial charge >= 0.3 is 0 Å². The zero-order valence-corrected chi connectivity index (χ0v) is 14.4. The van der Waals surface area contributed by atoms with Crippen LogP contribution in [0.2, 0.25) is 0 Å². The van der Waals surface area contributed by atoms with Gasteiger partial charge in [-0.25, -0.2) is 0 Å². The fourth-order valence-corrected chi connectivity index (χ4v) is 3.09. The average Bonchev–Trinajstić information content (AvgIpc) is 2.97. The van der Waals surface area contributed by atoms with Crippen LogP contribution in [0, 0.1) is 0 Å². The van der Waals surface area contributed by atoms with Crippen molar-refractivity contribution in [3.63, 3.8) is 0 Å². The van der Waals surface area contributed by atoms with Gasteiger partial charge in [-0.05, 0) is 29.8 Å². The van der Waals surface area contributed by atoms with Gasteiger partial charge in [0.2, 0.25) is 5.91 Å². The first-order chi connectivity index (χ1) is 11.6. The summed E-state index contributed by atoms with van der Waals surface area (Å²) in [7, 11) is 4.00. The van der Waals surface area contributed by atoms with Crippen molar-refractivity contribution in [1.82, 2.24) is 0 Å². The van der Waals surface area contributed by atoms with Gasteiger partial charge in [0.05, 0.1) is 17.7 Å². The highest BCUT2D eigenvalue weighted by molar-refractivity contribution is 8.15. The van der Waals surface area contributed by atoms with E-state index in [0.717, 1.165) is 16.9 Å². The third kappa shape index (κ3) is 3.65. The molecule has 0 spiro atoms. The van der Waals surface area contributed by atoms with E-state index < -0.39 is 0 Å². The van der Waals surface area contributed by atoms with E-state index >= 15 is 0 Å². The molecule has 2 aromatic rings. The quantitative estimate of drug-likeness (QED) is 0.635. The summed E-state index contributed by atoms with van der Waals surface area (Å²) in [6.45, 7) is 0. The predicted octanol–water partition coefficient (Wildman–Crippen LogP) is 3.22. The van der Waals surface area contributed by atoms with Crippen molar-refractivity contribution < 1.29 is 4.79 Å². The Labute approximate surface area is 145 Å². The van der Waals surface area contributed by atoms with E-state index in [-0.39, 0.29) is 5.91 Å². The Hall–Kier alpha value is -2.60. The summed E-state index contributed by atoms with van der Waals surface area (Å²) in [5.74, 6) is 0.413. The van der Waals surface area contributed by atoms with Crippen LogP contribution in [-0.4, -0.2) is 37.1 Å². The lowest BCUT2D eigenvalue weighted by atomic mass is 10.2. The minimum absolute atomic E-state index is 0.0236. The van der Waals surface area contributed by atoms with Crippen LogP contribution in [0.1, 0.15) is 5.56 Å². The standard InChI is InChI=1S/C18H18N4OS/c1-21(2)15-10-8-14(9-11-15)12-19-20-18-22(17(23)13-24-18)16-6-4-3-5-7-16/h3-12H,13H2,1-2H3/b19-12+,20-18+. The number of carbonyl (C=O) groups is 1. The van der Waals surface area contributed by atoms with E-state index in [1.54, 1.807) is 11.1 Å². The summed E-state index contributed by atoms with van der Waals surface area (Å²) in [5, 5.41) is 8.97. The molecule has 0 atom stereocenters. The lowest BCUT2D eigenvalue weighted by Gasteiger charge is -2.14. The number of benzene rings is 2. The molecular weight excluding hydrogens is 320 g/mol. The number of anilines is 2. The molecule has 3 rings (SSSR count). The van der Waals surface area contributed by atoms with Crippen LogP contribution in [-0.2, 0) is 4.79 Å². The molecule has 0 N–H and O–H groups in total. The van der Waals surface area contributed by atoms with Crippen LogP contribution in [0.4, 0.5) is 11.4 Å². The fourth-order valence-electron chi connectivity index (χ4n) is 2.27. The maximum Gasteiger partial charge on any atom is 0.243 e.